The predicted octanol–water partition coefficient (Wildman–Crippen LogP) is -0.210. The van der Waals surface area contributed by atoms with Gasteiger partial charge in [0.25, 0.3) is 0 Å². The molecule has 0 heterocycles. The van der Waals surface area contributed by atoms with E-state index in [1.807, 2.05) is 0 Å². The summed E-state index contributed by atoms with van der Waals surface area (Å²) in [4.78, 5) is 33.6. The van der Waals surface area contributed by atoms with Gasteiger partial charge in [-0.15, -0.1) is 0 Å². The van der Waals surface area contributed by atoms with Crippen molar-refractivity contribution in [1.29, 1.82) is 0 Å². The molecule has 0 aliphatic heterocycles. The van der Waals surface area contributed by atoms with Crippen LogP contribution in [0.5, 0.6) is 0 Å². The summed E-state index contributed by atoms with van der Waals surface area (Å²) in [5.41, 5.74) is 0. The van der Waals surface area contributed by atoms with E-state index in [1.165, 1.54) is 20.9 Å². The highest BCUT2D eigenvalue weighted by Gasteiger charge is 2.29. The van der Waals surface area contributed by atoms with E-state index in [2.05, 4.69) is 0 Å². The average Bonchev–Trinajstić information content (AvgIpc) is 2.33. The third-order valence-corrected chi connectivity index (χ3v) is 4.82. The second-order valence-corrected chi connectivity index (χ2v) is 7.80. The van der Waals surface area contributed by atoms with Crippen molar-refractivity contribution < 1.29 is 32.6 Å². The molecule has 0 saturated carbocycles. The molecule has 2 atom stereocenters. The number of sulfonamides is 1. The summed E-state index contributed by atoms with van der Waals surface area (Å²) in [5.74, 6) is -2.74. The van der Waals surface area contributed by atoms with Gasteiger partial charge >= 0.3 is 11.9 Å². The summed E-state index contributed by atoms with van der Waals surface area (Å²) in [7, 11) is -2.39. The highest BCUT2D eigenvalue weighted by Crippen LogP contribution is 2.12. The fourth-order valence-corrected chi connectivity index (χ4v) is 2.13. The summed E-state index contributed by atoms with van der Waals surface area (Å²) in [6.07, 6.45) is -0.679. The largest absolute Gasteiger partial charge is 0.478 e. The molecule has 122 valence electrons. The smallest absolute Gasteiger partial charge is 0.346 e. The fraction of sp³-hybridized carbons (Fsp3) is 0.727. The maximum absolute atomic E-state index is 11.7. The van der Waals surface area contributed by atoms with Crippen LogP contribution in [-0.2, 0) is 29.1 Å². The van der Waals surface area contributed by atoms with Gasteiger partial charge in [0.15, 0.2) is 5.12 Å². The third-order valence-electron chi connectivity index (χ3n) is 2.46. The van der Waals surface area contributed by atoms with Gasteiger partial charge in [-0.25, -0.2) is 17.5 Å². The molecule has 0 bridgehead atoms. The first-order valence-electron chi connectivity index (χ1n) is 5.93. The lowest BCUT2D eigenvalue weighted by Gasteiger charge is -2.21. The topological polar surface area (TPSA) is 118 Å². The van der Waals surface area contributed by atoms with Crippen LogP contribution in [0, 0.1) is 5.92 Å². The number of aliphatic carboxylic acids is 1. The van der Waals surface area contributed by atoms with Gasteiger partial charge in [0.05, 0.1) is 18.7 Å². The molecule has 8 nitrogen and oxygen atoms in total. The van der Waals surface area contributed by atoms with Crippen molar-refractivity contribution in [3.05, 3.63) is 0 Å². The van der Waals surface area contributed by atoms with Crippen molar-refractivity contribution in [1.82, 2.24) is 4.31 Å². The van der Waals surface area contributed by atoms with Gasteiger partial charge in [-0.2, -0.15) is 0 Å². The number of carboxylic acid groups (broad SMARTS) is 1. The summed E-state index contributed by atoms with van der Waals surface area (Å²) >= 11 is 0.928. The molecule has 0 fully saturated rings. The lowest BCUT2D eigenvalue weighted by atomic mass is 10.2. The van der Waals surface area contributed by atoms with Crippen molar-refractivity contribution in [3.8, 4) is 0 Å². The maximum atomic E-state index is 11.7. The van der Waals surface area contributed by atoms with Crippen LogP contribution in [-0.4, -0.2) is 66.6 Å². The van der Waals surface area contributed by atoms with Crippen LogP contribution in [0.1, 0.15) is 13.8 Å². The molecule has 0 amide bonds. The number of carbonyl (C=O) groups is 3. The Balaban J connectivity index is 4.68. The number of thioether (sulfide) groups is 1. The molecule has 0 aromatic rings. The number of hydrogen-bond acceptors (Lipinski definition) is 7. The number of nitrogens with zero attached hydrogens (tertiary/aromatic N) is 1. The zero-order chi connectivity index (χ0) is 16.8. The minimum Gasteiger partial charge on any atom is -0.478 e. The van der Waals surface area contributed by atoms with E-state index >= 15 is 0 Å². The Kier molecular flexibility index (Phi) is 7.90. The van der Waals surface area contributed by atoms with Gasteiger partial charge in [-0.1, -0.05) is 18.7 Å². The molecule has 0 aliphatic rings. The van der Waals surface area contributed by atoms with Crippen LogP contribution in [0.25, 0.3) is 0 Å². The fourth-order valence-electron chi connectivity index (χ4n) is 1.10. The summed E-state index contributed by atoms with van der Waals surface area (Å²) < 4.78 is 28.1. The van der Waals surface area contributed by atoms with Crippen LogP contribution in [0.4, 0.5) is 0 Å². The Morgan fingerprint density at radius 3 is 2.24 bits per heavy atom. The van der Waals surface area contributed by atoms with Crippen molar-refractivity contribution >= 4 is 38.8 Å². The lowest BCUT2D eigenvalue weighted by molar-refractivity contribution is -0.166. The molecule has 10 heteroatoms. The molecular weight excluding hydrogens is 322 g/mol. The van der Waals surface area contributed by atoms with Gasteiger partial charge < -0.3 is 9.84 Å². The molecule has 1 N–H and O–H groups in total. The van der Waals surface area contributed by atoms with Gasteiger partial charge in [-0.3, -0.25) is 9.59 Å². The molecule has 0 aromatic heterocycles. The first-order chi connectivity index (χ1) is 9.45. The molecule has 0 aliphatic carbocycles. The Labute approximate surface area is 127 Å². The number of likely N-dealkylation sites (N-methyl/N-ethyl adjacent to an activating group) is 1. The Hall–Kier alpha value is -1.13. The van der Waals surface area contributed by atoms with E-state index in [4.69, 9.17) is 9.84 Å². The van der Waals surface area contributed by atoms with E-state index in [1.54, 1.807) is 0 Å². The van der Waals surface area contributed by atoms with Crippen LogP contribution in [0.3, 0.4) is 0 Å². The lowest BCUT2D eigenvalue weighted by Crippen LogP contribution is -2.41. The number of esters is 1. The van der Waals surface area contributed by atoms with E-state index in [0.29, 0.717) is 0 Å². The Morgan fingerprint density at radius 1 is 1.33 bits per heavy atom. The van der Waals surface area contributed by atoms with Gasteiger partial charge in [0.2, 0.25) is 16.1 Å². The number of ether oxygens (including phenoxy) is 1. The van der Waals surface area contributed by atoms with E-state index in [9.17, 15) is 22.8 Å². The second kappa shape index (κ2) is 8.35. The van der Waals surface area contributed by atoms with Crippen LogP contribution < -0.4 is 0 Å². The van der Waals surface area contributed by atoms with Crippen molar-refractivity contribution in [2.24, 2.45) is 5.92 Å². The first kappa shape index (κ1) is 19.9. The average molecular weight is 341 g/mol. The van der Waals surface area contributed by atoms with Gasteiger partial charge in [0.1, 0.15) is 0 Å². The molecule has 0 rings (SSSR count). The van der Waals surface area contributed by atoms with Crippen molar-refractivity contribution in [3.63, 3.8) is 0 Å². The molecule has 1 unspecified atom stereocenters. The highest BCUT2D eigenvalue weighted by atomic mass is 32.2. The minimum absolute atomic E-state index is 0.166. The minimum atomic E-state index is -3.58. The van der Waals surface area contributed by atoms with Crippen LogP contribution in [0.2, 0.25) is 0 Å². The zero-order valence-corrected chi connectivity index (χ0v) is 13.9. The summed E-state index contributed by atoms with van der Waals surface area (Å²) in [5, 5.41) is 8.81. The molecular formula is C11H19NO7S2. The number of carboxylic acids is 1. The quantitative estimate of drug-likeness (QED) is 0.603. The third kappa shape index (κ3) is 8.02. The molecule has 0 radical (unpaired) electrons. The van der Waals surface area contributed by atoms with Gasteiger partial charge in [-0.05, 0) is 0 Å². The van der Waals surface area contributed by atoms with E-state index in [-0.39, 0.29) is 10.9 Å². The summed E-state index contributed by atoms with van der Waals surface area (Å²) in [6.45, 7) is 2.37. The SMILES string of the molecule is CC(=O)SC[C@@H](C)C(=O)OC(CN(C)S(C)(=O)=O)C(=O)O. The van der Waals surface area contributed by atoms with Crippen LogP contribution in [0.15, 0.2) is 0 Å². The molecule has 0 aromatic carbocycles. The molecule has 0 spiro atoms. The Morgan fingerprint density at radius 2 is 1.86 bits per heavy atom. The van der Waals surface area contributed by atoms with Gasteiger partial charge in [0, 0.05) is 19.7 Å². The van der Waals surface area contributed by atoms with Crippen molar-refractivity contribution in [2.75, 3.05) is 25.6 Å². The number of hydrogen-bond donors (Lipinski definition) is 1. The second-order valence-electron chi connectivity index (χ2n) is 4.51. The van der Waals surface area contributed by atoms with Crippen molar-refractivity contribution in [2.45, 2.75) is 20.0 Å². The first-order valence-corrected chi connectivity index (χ1v) is 8.76. The predicted molar refractivity (Wildman–Crippen MR) is 77.3 cm³/mol. The number of rotatable bonds is 8. The normalized spacial score (nSPS) is 14.5. The monoisotopic (exact) mass is 341 g/mol. The highest BCUT2D eigenvalue weighted by molar-refractivity contribution is 8.13. The van der Waals surface area contributed by atoms with Crippen LogP contribution >= 0.6 is 11.8 Å². The zero-order valence-electron chi connectivity index (χ0n) is 12.2. The molecule has 0 saturated heterocycles. The molecule has 21 heavy (non-hydrogen) atoms. The summed E-state index contributed by atoms with van der Waals surface area (Å²) in [6, 6.07) is 0. The Bertz CT molecular complexity index is 503. The van der Waals surface area contributed by atoms with E-state index < -0.39 is 40.5 Å². The maximum Gasteiger partial charge on any atom is 0.346 e. The van der Waals surface area contributed by atoms with E-state index in [0.717, 1.165) is 22.3 Å². The standard InChI is InChI=1S/C11H19NO7S2/c1-7(6-20-8(2)13)11(16)19-9(10(14)15)5-12(3)21(4,17)18/h7,9H,5-6H2,1-4H3,(H,14,15)/t7-,9?/m1/s1. The number of carbonyl (C=O) groups excluding carboxylic acids is 2.